The Morgan fingerprint density at radius 1 is 1.17 bits per heavy atom. The number of rotatable bonds is 2. The van der Waals surface area contributed by atoms with E-state index in [1.54, 1.807) is 0 Å². The maximum Gasteiger partial charge on any atom is 0.293 e. The quantitative estimate of drug-likeness (QED) is 0.833. The minimum atomic E-state index is 0.218. The Hall–Kier alpha value is -2.09. The van der Waals surface area contributed by atoms with Crippen LogP contribution in [-0.2, 0) is 17.6 Å². The van der Waals surface area contributed by atoms with Gasteiger partial charge in [0, 0.05) is 6.42 Å². The highest BCUT2D eigenvalue weighted by atomic mass is 16.2. The van der Waals surface area contributed by atoms with Crippen molar-refractivity contribution in [2.45, 2.75) is 46.0 Å². The van der Waals surface area contributed by atoms with Crippen LogP contribution in [0.25, 0.3) is 0 Å². The average molecular weight is 313 g/mol. The van der Waals surface area contributed by atoms with E-state index in [0.717, 1.165) is 50.4 Å². The van der Waals surface area contributed by atoms with Gasteiger partial charge in [0.1, 0.15) is 30.4 Å². The number of fused-ring (bicyclic) bond motifs is 1. The summed E-state index contributed by atoms with van der Waals surface area (Å²) in [5.41, 5.74) is 4.61. The standard InChI is InChI=1S/C18H24N4O/c1-3-17(23)21-8-10-22(11-9-21)18-16(12-19)15-7-5-4-6-14(15)13(2)20-18/h3-11H2,1-2H3/p+1. The van der Waals surface area contributed by atoms with Gasteiger partial charge in [-0.15, -0.1) is 0 Å². The van der Waals surface area contributed by atoms with Crippen molar-refractivity contribution < 1.29 is 9.78 Å². The lowest BCUT2D eigenvalue weighted by Crippen LogP contribution is -2.50. The minimum absolute atomic E-state index is 0.218. The van der Waals surface area contributed by atoms with Gasteiger partial charge in [-0.2, -0.15) is 5.26 Å². The second-order valence-electron chi connectivity index (χ2n) is 6.47. The van der Waals surface area contributed by atoms with E-state index < -0.39 is 0 Å². The Morgan fingerprint density at radius 2 is 1.83 bits per heavy atom. The van der Waals surface area contributed by atoms with Gasteiger partial charge < -0.3 is 4.90 Å². The number of pyridine rings is 1. The highest BCUT2D eigenvalue weighted by molar-refractivity contribution is 5.76. The van der Waals surface area contributed by atoms with E-state index in [-0.39, 0.29) is 5.91 Å². The molecule has 1 amide bonds. The van der Waals surface area contributed by atoms with Crippen molar-refractivity contribution in [2.24, 2.45) is 0 Å². The molecule has 0 spiro atoms. The molecule has 5 nitrogen and oxygen atoms in total. The van der Waals surface area contributed by atoms with Gasteiger partial charge in [0.15, 0.2) is 0 Å². The molecule has 0 atom stereocenters. The van der Waals surface area contributed by atoms with Crippen molar-refractivity contribution in [3.63, 3.8) is 0 Å². The van der Waals surface area contributed by atoms with Gasteiger partial charge in [-0.3, -0.25) is 9.69 Å². The first kappa shape index (κ1) is 15.8. The fraction of sp³-hybridized carbons (Fsp3) is 0.611. The average Bonchev–Trinajstić information content (AvgIpc) is 2.61. The zero-order valence-corrected chi connectivity index (χ0v) is 14.1. The number of aromatic nitrogens is 1. The lowest BCUT2D eigenvalue weighted by molar-refractivity contribution is -0.375. The molecule has 0 saturated carbocycles. The largest absolute Gasteiger partial charge is 0.335 e. The second kappa shape index (κ2) is 6.57. The summed E-state index contributed by atoms with van der Waals surface area (Å²) in [6.07, 6.45) is 5.03. The van der Waals surface area contributed by atoms with Gasteiger partial charge in [-0.05, 0) is 43.7 Å². The third kappa shape index (κ3) is 2.90. The van der Waals surface area contributed by atoms with Gasteiger partial charge in [0.25, 0.3) is 5.82 Å². The molecule has 2 aliphatic rings. The number of nitrogens with one attached hydrogen (secondary N) is 1. The van der Waals surface area contributed by atoms with Crippen LogP contribution < -0.4 is 9.88 Å². The SMILES string of the molecule is CCC(=O)N1CCN(c2[nH+]c(C)c3c(c2C#N)CCCC3)CC1. The number of anilines is 1. The number of amides is 1. The Balaban J connectivity index is 1.88. The van der Waals surface area contributed by atoms with Gasteiger partial charge in [0.05, 0.1) is 13.1 Å². The van der Waals surface area contributed by atoms with Crippen molar-refractivity contribution in [1.82, 2.24) is 4.90 Å². The first-order valence-electron chi connectivity index (χ1n) is 8.66. The summed E-state index contributed by atoms with van der Waals surface area (Å²) >= 11 is 0. The second-order valence-corrected chi connectivity index (χ2v) is 6.47. The molecule has 5 heteroatoms. The number of piperazine rings is 1. The molecule has 1 aromatic heterocycles. The van der Waals surface area contributed by atoms with Crippen molar-refractivity contribution in [3.05, 3.63) is 22.4 Å². The van der Waals surface area contributed by atoms with E-state index in [2.05, 4.69) is 22.9 Å². The third-order valence-electron chi connectivity index (χ3n) is 5.13. The smallest absolute Gasteiger partial charge is 0.293 e. The van der Waals surface area contributed by atoms with Gasteiger partial charge in [-0.1, -0.05) is 6.92 Å². The Kier molecular flexibility index (Phi) is 4.51. The molecule has 1 N–H and O–H groups in total. The molecule has 0 aromatic carbocycles. The number of aryl methyl sites for hydroxylation is 1. The first-order valence-corrected chi connectivity index (χ1v) is 8.66. The molecule has 1 fully saturated rings. The summed E-state index contributed by atoms with van der Waals surface area (Å²) in [6, 6.07) is 2.44. The van der Waals surface area contributed by atoms with Crippen molar-refractivity contribution in [3.8, 4) is 6.07 Å². The summed E-state index contributed by atoms with van der Waals surface area (Å²) in [7, 11) is 0. The number of H-pyrrole nitrogens is 1. The first-order chi connectivity index (χ1) is 11.2. The normalized spacial score (nSPS) is 17.6. The third-order valence-corrected chi connectivity index (χ3v) is 5.13. The van der Waals surface area contributed by atoms with E-state index in [9.17, 15) is 10.1 Å². The lowest BCUT2D eigenvalue weighted by atomic mass is 9.88. The summed E-state index contributed by atoms with van der Waals surface area (Å²) in [5, 5.41) is 9.71. The van der Waals surface area contributed by atoms with E-state index in [1.165, 1.54) is 29.7 Å². The van der Waals surface area contributed by atoms with Crippen LogP contribution in [0.5, 0.6) is 0 Å². The van der Waals surface area contributed by atoms with Crippen LogP contribution in [-0.4, -0.2) is 37.0 Å². The Labute approximate surface area is 137 Å². The maximum absolute atomic E-state index is 11.8. The topological polar surface area (TPSA) is 61.5 Å². The molecule has 1 saturated heterocycles. The van der Waals surface area contributed by atoms with Crippen molar-refractivity contribution >= 4 is 11.7 Å². The molecule has 0 unspecified atom stereocenters. The summed E-state index contributed by atoms with van der Waals surface area (Å²) in [4.78, 5) is 19.5. The van der Waals surface area contributed by atoms with Crippen LogP contribution in [0.3, 0.4) is 0 Å². The van der Waals surface area contributed by atoms with Gasteiger partial charge in [0.2, 0.25) is 5.91 Å². The minimum Gasteiger partial charge on any atom is -0.335 e. The Bertz CT molecular complexity index is 654. The van der Waals surface area contributed by atoms with Crippen LogP contribution in [0.1, 0.15) is 48.6 Å². The van der Waals surface area contributed by atoms with E-state index >= 15 is 0 Å². The lowest BCUT2D eigenvalue weighted by Gasteiger charge is -2.32. The molecule has 1 aliphatic heterocycles. The fourth-order valence-electron chi connectivity index (χ4n) is 3.81. The van der Waals surface area contributed by atoms with Crippen LogP contribution in [0.2, 0.25) is 0 Å². The molecular weight excluding hydrogens is 288 g/mol. The predicted octanol–water partition coefficient (Wildman–Crippen LogP) is 1.62. The molecule has 0 radical (unpaired) electrons. The van der Waals surface area contributed by atoms with E-state index in [1.807, 2.05) is 11.8 Å². The monoisotopic (exact) mass is 313 g/mol. The van der Waals surface area contributed by atoms with Crippen molar-refractivity contribution in [2.75, 3.05) is 31.1 Å². The number of hydrogen-bond acceptors (Lipinski definition) is 3. The molecule has 122 valence electrons. The van der Waals surface area contributed by atoms with E-state index in [0.29, 0.717) is 6.42 Å². The predicted molar refractivity (Wildman–Crippen MR) is 88.2 cm³/mol. The van der Waals surface area contributed by atoms with Crippen LogP contribution in [0.15, 0.2) is 0 Å². The summed E-state index contributed by atoms with van der Waals surface area (Å²) in [5.74, 6) is 1.17. The zero-order valence-electron chi connectivity index (χ0n) is 14.1. The zero-order chi connectivity index (χ0) is 16.4. The highest BCUT2D eigenvalue weighted by Gasteiger charge is 2.31. The summed E-state index contributed by atoms with van der Waals surface area (Å²) in [6.45, 7) is 7.07. The molecular formula is C18H25N4O+. The van der Waals surface area contributed by atoms with Crippen LogP contribution >= 0.6 is 0 Å². The number of nitrogens with zero attached hydrogens (tertiary/aromatic N) is 3. The van der Waals surface area contributed by atoms with E-state index in [4.69, 9.17) is 0 Å². The number of hydrogen-bond donors (Lipinski definition) is 0. The Morgan fingerprint density at radius 3 is 2.43 bits per heavy atom. The van der Waals surface area contributed by atoms with Crippen LogP contribution in [0.4, 0.5) is 5.82 Å². The molecule has 3 rings (SSSR count). The molecule has 0 bridgehead atoms. The molecule has 1 aliphatic carbocycles. The maximum atomic E-state index is 11.8. The molecule has 1 aromatic rings. The highest BCUT2D eigenvalue weighted by Crippen LogP contribution is 2.29. The van der Waals surface area contributed by atoms with Gasteiger partial charge >= 0.3 is 0 Å². The summed E-state index contributed by atoms with van der Waals surface area (Å²) < 4.78 is 0. The van der Waals surface area contributed by atoms with Gasteiger partial charge in [-0.25, -0.2) is 4.98 Å². The number of carbonyl (C=O) groups excluding carboxylic acids is 1. The number of nitriles is 1. The number of carbonyl (C=O) groups is 1. The van der Waals surface area contributed by atoms with Crippen LogP contribution in [0, 0.1) is 18.3 Å². The fourth-order valence-corrected chi connectivity index (χ4v) is 3.81. The number of aromatic amines is 1. The van der Waals surface area contributed by atoms with Crippen molar-refractivity contribution in [1.29, 1.82) is 5.26 Å². The molecule has 2 heterocycles. The molecule has 23 heavy (non-hydrogen) atoms.